The number of ether oxygens (including phenoxy) is 2. The van der Waals surface area contributed by atoms with Gasteiger partial charge in [0.15, 0.2) is 6.61 Å². The summed E-state index contributed by atoms with van der Waals surface area (Å²) in [6.45, 7) is 7.91. The van der Waals surface area contributed by atoms with Crippen molar-refractivity contribution in [3.05, 3.63) is 63.6 Å². The number of hydrogen-bond donors (Lipinski definition) is 1. The van der Waals surface area contributed by atoms with Crippen LogP contribution in [0.15, 0.2) is 46.9 Å². The standard InChI is InChI=1S/C27H32BrNO5/c1-16(2)20-11-9-17(3)13-24(20)34-27(32)22-8-6-5-7-21(22)26(31)33-15-25(30)29-19-10-12-23(28)18(4)14-19/h5-8,10,12,14,16-17,20,24H,9,11,13,15H2,1-4H3,(H,29,30)/t17-,20-,24+/m0/s1. The predicted octanol–water partition coefficient (Wildman–Crippen LogP) is 6.17. The Bertz CT molecular complexity index is 1050. The fourth-order valence-electron chi connectivity index (χ4n) is 4.42. The summed E-state index contributed by atoms with van der Waals surface area (Å²) in [6.07, 6.45) is 2.78. The molecule has 2 aromatic rings. The van der Waals surface area contributed by atoms with E-state index in [9.17, 15) is 14.4 Å². The average molecular weight is 530 g/mol. The number of benzene rings is 2. The first-order valence-electron chi connectivity index (χ1n) is 11.7. The summed E-state index contributed by atoms with van der Waals surface area (Å²) < 4.78 is 12.0. The normalized spacial score (nSPS) is 20.0. The van der Waals surface area contributed by atoms with Gasteiger partial charge in [-0.05, 0) is 73.4 Å². The Morgan fingerprint density at radius 2 is 1.74 bits per heavy atom. The van der Waals surface area contributed by atoms with Crippen molar-refractivity contribution in [2.24, 2.45) is 17.8 Å². The van der Waals surface area contributed by atoms with Gasteiger partial charge in [-0.2, -0.15) is 0 Å². The molecule has 1 amide bonds. The van der Waals surface area contributed by atoms with Gasteiger partial charge in [-0.1, -0.05) is 55.3 Å². The Kier molecular flexibility index (Phi) is 8.89. The molecule has 182 valence electrons. The Labute approximate surface area is 209 Å². The lowest BCUT2D eigenvalue weighted by Crippen LogP contribution is -2.36. The zero-order chi connectivity index (χ0) is 24.8. The molecule has 2 aromatic carbocycles. The molecular weight excluding hydrogens is 498 g/mol. The second-order valence-electron chi connectivity index (χ2n) is 9.40. The van der Waals surface area contributed by atoms with Crippen LogP contribution in [0.2, 0.25) is 0 Å². The summed E-state index contributed by atoms with van der Waals surface area (Å²) in [5.74, 6) is -0.560. The van der Waals surface area contributed by atoms with E-state index in [1.54, 1.807) is 24.3 Å². The fraction of sp³-hybridized carbons (Fsp3) is 0.444. The second kappa shape index (κ2) is 11.6. The van der Waals surface area contributed by atoms with E-state index >= 15 is 0 Å². The summed E-state index contributed by atoms with van der Waals surface area (Å²) in [7, 11) is 0. The van der Waals surface area contributed by atoms with Crippen LogP contribution in [0.1, 0.15) is 66.3 Å². The third kappa shape index (κ3) is 6.69. The lowest BCUT2D eigenvalue weighted by atomic mass is 9.75. The highest BCUT2D eigenvalue weighted by atomic mass is 79.9. The maximum absolute atomic E-state index is 13.0. The predicted molar refractivity (Wildman–Crippen MR) is 135 cm³/mol. The lowest BCUT2D eigenvalue weighted by molar-refractivity contribution is -0.119. The minimum Gasteiger partial charge on any atom is -0.458 e. The highest BCUT2D eigenvalue weighted by molar-refractivity contribution is 9.10. The maximum atomic E-state index is 13.0. The molecule has 3 rings (SSSR count). The van der Waals surface area contributed by atoms with Crippen molar-refractivity contribution in [1.29, 1.82) is 0 Å². The Balaban J connectivity index is 1.64. The molecule has 0 aliphatic heterocycles. The molecule has 6 nitrogen and oxygen atoms in total. The van der Waals surface area contributed by atoms with Crippen LogP contribution in [0, 0.1) is 24.7 Å². The van der Waals surface area contributed by atoms with Crippen molar-refractivity contribution < 1.29 is 23.9 Å². The van der Waals surface area contributed by atoms with E-state index in [1.165, 1.54) is 6.07 Å². The van der Waals surface area contributed by atoms with E-state index in [1.807, 2.05) is 19.1 Å². The topological polar surface area (TPSA) is 81.7 Å². The molecule has 0 aromatic heterocycles. The summed E-state index contributed by atoms with van der Waals surface area (Å²) in [5, 5.41) is 2.70. The number of halogens is 1. The molecule has 1 aliphatic rings. The van der Waals surface area contributed by atoms with Gasteiger partial charge >= 0.3 is 11.9 Å². The third-order valence-electron chi connectivity index (χ3n) is 6.36. The van der Waals surface area contributed by atoms with E-state index in [4.69, 9.17) is 9.47 Å². The summed E-state index contributed by atoms with van der Waals surface area (Å²) in [6, 6.07) is 11.8. The number of rotatable bonds is 7. The number of anilines is 1. The SMILES string of the molecule is Cc1cc(NC(=O)COC(=O)c2ccccc2C(=O)O[C@@H]2C[C@@H](C)CC[C@H]2C(C)C)ccc1Br. The summed E-state index contributed by atoms with van der Waals surface area (Å²) in [5.41, 5.74) is 1.81. The molecule has 0 heterocycles. The van der Waals surface area contributed by atoms with Gasteiger partial charge in [0.05, 0.1) is 11.1 Å². The van der Waals surface area contributed by atoms with E-state index < -0.39 is 24.5 Å². The average Bonchev–Trinajstić information content (AvgIpc) is 2.79. The van der Waals surface area contributed by atoms with Gasteiger partial charge in [-0.25, -0.2) is 9.59 Å². The molecule has 0 unspecified atom stereocenters. The van der Waals surface area contributed by atoms with Gasteiger partial charge in [-0.3, -0.25) is 4.79 Å². The molecule has 1 aliphatic carbocycles. The van der Waals surface area contributed by atoms with Gasteiger partial charge in [0.1, 0.15) is 6.10 Å². The first-order valence-corrected chi connectivity index (χ1v) is 12.5. The van der Waals surface area contributed by atoms with Gasteiger partial charge in [0.25, 0.3) is 5.91 Å². The number of hydrogen-bond acceptors (Lipinski definition) is 5. The molecule has 0 bridgehead atoms. The fourth-order valence-corrected chi connectivity index (χ4v) is 4.67. The molecule has 0 radical (unpaired) electrons. The lowest BCUT2D eigenvalue weighted by Gasteiger charge is -2.36. The van der Waals surface area contributed by atoms with Crippen molar-refractivity contribution in [2.45, 2.75) is 53.1 Å². The number of nitrogens with one attached hydrogen (secondary N) is 1. The Hall–Kier alpha value is -2.67. The molecule has 0 saturated heterocycles. The molecular formula is C27H32BrNO5. The van der Waals surface area contributed by atoms with Crippen molar-refractivity contribution >= 4 is 39.5 Å². The van der Waals surface area contributed by atoms with Crippen LogP contribution in [-0.4, -0.2) is 30.6 Å². The smallest absolute Gasteiger partial charge is 0.339 e. The number of esters is 2. The molecule has 1 fully saturated rings. The number of aryl methyl sites for hydroxylation is 1. The number of carbonyl (C=O) groups is 3. The molecule has 1 N–H and O–H groups in total. The zero-order valence-electron chi connectivity index (χ0n) is 20.1. The van der Waals surface area contributed by atoms with Crippen molar-refractivity contribution in [2.75, 3.05) is 11.9 Å². The van der Waals surface area contributed by atoms with Crippen LogP contribution < -0.4 is 5.32 Å². The molecule has 1 saturated carbocycles. The highest BCUT2D eigenvalue weighted by Gasteiger charge is 2.34. The zero-order valence-corrected chi connectivity index (χ0v) is 21.7. The molecule has 34 heavy (non-hydrogen) atoms. The van der Waals surface area contributed by atoms with Crippen LogP contribution in [0.5, 0.6) is 0 Å². The van der Waals surface area contributed by atoms with Crippen molar-refractivity contribution in [3.63, 3.8) is 0 Å². The van der Waals surface area contributed by atoms with Crippen molar-refractivity contribution in [1.82, 2.24) is 0 Å². The molecule has 3 atom stereocenters. The number of carbonyl (C=O) groups excluding carboxylic acids is 3. The third-order valence-corrected chi connectivity index (χ3v) is 7.25. The van der Waals surface area contributed by atoms with E-state index in [-0.39, 0.29) is 17.2 Å². The van der Waals surface area contributed by atoms with Gasteiger partial charge < -0.3 is 14.8 Å². The summed E-state index contributed by atoms with van der Waals surface area (Å²) in [4.78, 5) is 38.0. The number of amides is 1. The van der Waals surface area contributed by atoms with Crippen LogP contribution in [-0.2, 0) is 14.3 Å². The van der Waals surface area contributed by atoms with Crippen molar-refractivity contribution in [3.8, 4) is 0 Å². The Morgan fingerprint density at radius 3 is 2.38 bits per heavy atom. The molecule has 7 heteroatoms. The summed E-state index contributed by atoms with van der Waals surface area (Å²) >= 11 is 3.41. The quantitative estimate of drug-likeness (QED) is 0.433. The van der Waals surface area contributed by atoms with E-state index in [0.29, 0.717) is 23.4 Å². The van der Waals surface area contributed by atoms with Crippen LogP contribution in [0.4, 0.5) is 5.69 Å². The Morgan fingerprint density at radius 1 is 1.06 bits per heavy atom. The van der Waals surface area contributed by atoms with E-state index in [0.717, 1.165) is 29.3 Å². The highest BCUT2D eigenvalue weighted by Crippen LogP contribution is 2.36. The van der Waals surface area contributed by atoms with Crippen LogP contribution in [0.25, 0.3) is 0 Å². The van der Waals surface area contributed by atoms with E-state index in [2.05, 4.69) is 42.0 Å². The van der Waals surface area contributed by atoms with Gasteiger partial charge in [0, 0.05) is 10.2 Å². The monoisotopic (exact) mass is 529 g/mol. The molecule has 0 spiro atoms. The first kappa shape index (κ1) is 25.9. The first-order chi connectivity index (χ1) is 16.2. The minimum atomic E-state index is -0.743. The van der Waals surface area contributed by atoms with Gasteiger partial charge in [-0.15, -0.1) is 0 Å². The van der Waals surface area contributed by atoms with Gasteiger partial charge in [0.2, 0.25) is 0 Å². The largest absolute Gasteiger partial charge is 0.458 e. The van der Waals surface area contributed by atoms with Crippen LogP contribution in [0.3, 0.4) is 0 Å². The maximum Gasteiger partial charge on any atom is 0.339 e. The second-order valence-corrected chi connectivity index (χ2v) is 10.3. The minimum absolute atomic E-state index is 0.0877. The van der Waals surface area contributed by atoms with Crippen LogP contribution >= 0.6 is 15.9 Å².